The number of amides is 1. The van der Waals surface area contributed by atoms with Gasteiger partial charge in [0, 0.05) is 31.4 Å². The molecule has 0 saturated carbocycles. The summed E-state index contributed by atoms with van der Waals surface area (Å²) < 4.78 is 28.9. The summed E-state index contributed by atoms with van der Waals surface area (Å²) in [5.74, 6) is -1.81. The minimum Gasteiger partial charge on any atom is -0.340 e. The maximum Gasteiger partial charge on any atom is 0.350 e. The van der Waals surface area contributed by atoms with Crippen molar-refractivity contribution in [1.29, 1.82) is 0 Å². The van der Waals surface area contributed by atoms with Crippen LogP contribution in [0.2, 0.25) is 0 Å². The molecule has 0 atom stereocenters. The van der Waals surface area contributed by atoms with Crippen LogP contribution in [0.4, 0.5) is 8.78 Å². The van der Waals surface area contributed by atoms with Crippen molar-refractivity contribution >= 4 is 11.6 Å². The van der Waals surface area contributed by atoms with Crippen LogP contribution in [0.1, 0.15) is 5.56 Å². The number of hydrogen-bond donors (Lipinski definition) is 0. The summed E-state index contributed by atoms with van der Waals surface area (Å²) in [5.41, 5.74) is 0.192. The molecule has 0 saturated heterocycles. The van der Waals surface area contributed by atoms with Crippen molar-refractivity contribution in [3.05, 3.63) is 70.3 Å². The number of aromatic nitrogens is 3. The summed E-state index contributed by atoms with van der Waals surface area (Å²) in [4.78, 5) is 25.6. The molecule has 0 aliphatic rings. The first kappa shape index (κ1) is 15.9. The summed E-state index contributed by atoms with van der Waals surface area (Å²) >= 11 is 0. The fraction of sp³-hybridized carbons (Fsp3) is 0.188. The van der Waals surface area contributed by atoms with E-state index in [1.807, 2.05) is 0 Å². The van der Waals surface area contributed by atoms with Gasteiger partial charge in [-0.05, 0) is 18.2 Å². The predicted octanol–water partition coefficient (Wildman–Crippen LogP) is 1.43. The fourth-order valence-corrected chi connectivity index (χ4v) is 2.31. The lowest BCUT2D eigenvalue weighted by Gasteiger charge is -2.17. The molecule has 1 aromatic carbocycles. The van der Waals surface area contributed by atoms with E-state index in [4.69, 9.17) is 0 Å². The molecule has 124 valence electrons. The van der Waals surface area contributed by atoms with E-state index in [9.17, 15) is 18.4 Å². The Bertz CT molecular complexity index is 964. The van der Waals surface area contributed by atoms with Crippen molar-refractivity contribution in [3.8, 4) is 0 Å². The summed E-state index contributed by atoms with van der Waals surface area (Å²) in [6.45, 7) is -0.299. The van der Waals surface area contributed by atoms with Crippen molar-refractivity contribution in [2.75, 3.05) is 7.05 Å². The monoisotopic (exact) mass is 332 g/mol. The van der Waals surface area contributed by atoms with E-state index < -0.39 is 23.2 Å². The Labute approximate surface area is 135 Å². The largest absolute Gasteiger partial charge is 0.350 e. The average Bonchev–Trinajstić information content (AvgIpc) is 2.86. The number of nitrogens with zero attached hydrogens (tertiary/aromatic N) is 4. The second-order valence-electron chi connectivity index (χ2n) is 5.35. The van der Waals surface area contributed by atoms with Gasteiger partial charge in [0.15, 0.2) is 5.65 Å². The molecule has 24 heavy (non-hydrogen) atoms. The van der Waals surface area contributed by atoms with Gasteiger partial charge < -0.3 is 4.90 Å². The van der Waals surface area contributed by atoms with Gasteiger partial charge in [-0.3, -0.25) is 9.20 Å². The Morgan fingerprint density at radius 2 is 2.04 bits per heavy atom. The van der Waals surface area contributed by atoms with Crippen LogP contribution in [0, 0.1) is 11.6 Å². The molecule has 0 unspecified atom stereocenters. The lowest BCUT2D eigenvalue weighted by Crippen LogP contribution is -2.34. The Hall–Kier alpha value is -3.03. The maximum atomic E-state index is 13.7. The van der Waals surface area contributed by atoms with Gasteiger partial charge in [-0.2, -0.15) is 0 Å². The zero-order valence-electron chi connectivity index (χ0n) is 12.8. The lowest BCUT2D eigenvalue weighted by atomic mass is 10.2. The second-order valence-corrected chi connectivity index (χ2v) is 5.35. The first-order valence-electron chi connectivity index (χ1n) is 7.18. The van der Waals surface area contributed by atoms with Crippen molar-refractivity contribution in [3.63, 3.8) is 0 Å². The van der Waals surface area contributed by atoms with Gasteiger partial charge >= 0.3 is 5.69 Å². The van der Waals surface area contributed by atoms with Gasteiger partial charge in [0.05, 0.1) is 0 Å². The van der Waals surface area contributed by atoms with Crippen molar-refractivity contribution in [2.45, 2.75) is 13.1 Å². The van der Waals surface area contributed by atoms with Crippen molar-refractivity contribution in [1.82, 2.24) is 19.1 Å². The third kappa shape index (κ3) is 3.03. The van der Waals surface area contributed by atoms with Crippen molar-refractivity contribution < 1.29 is 13.6 Å². The minimum atomic E-state index is -0.723. The second kappa shape index (κ2) is 6.23. The highest BCUT2D eigenvalue weighted by atomic mass is 19.1. The van der Waals surface area contributed by atoms with E-state index in [-0.39, 0.29) is 18.7 Å². The lowest BCUT2D eigenvalue weighted by molar-refractivity contribution is -0.131. The van der Waals surface area contributed by atoms with E-state index in [2.05, 4.69) is 5.10 Å². The highest BCUT2D eigenvalue weighted by Crippen LogP contribution is 2.11. The summed E-state index contributed by atoms with van der Waals surface area (Å²) in [5, 5.41) is 4.07. The molecule has 2 aromatic heterocycles. The van der Waals surface area contributed by atoms with Crippen LogP contribution in [-0.2, 0) is 17.9 Å². The van der Waals surface area contributed by atoms with E-state index >= 15 is 0 Å². The normalized spacial score (nSPS) is 11.0. The number of halogens is 2. The van der Waals surface area contributed by atoms with Crippen LogP contribution in [0.5, 0.6) is 0 Å². The van der Waals surface area contributed by atoms with Crippen LogP contribution < -0.4 is 5.69 Å². The molecular formula is C16H14F2N4O2. The molecule has 6 nitrogen and oxygen atoms in total. The molecular weight excluding hydrogens is 318 g/mol. The van der Waals surface area contributed by atoms with Crippen LogP contribution in [0.3, 0.4) is 0 Å². The highest BCUT2D eigenvalue weighted by Gasteiger charge is 2.15. The van der Waals surface area contributed by atoms with Crippen LogP contribution in [0.25, 0.3) is 5.65 Å². The topological polar surface area (TPSA) is 59.6 Å². The Morgan fingerprint density at radius 3 is 2.75 bits per heavy atom. The molecule has 0 radical (unpaired) electrons. The maximum absolute atomic E-state index is 13.7. The van der Waals surface area contributed by atoms with Crippen molar-refractivity contribution in [2.24, 2.45) is 0 Å². The summed E-state index contributed by atoms with van der Waals surface area (Å²) in [7, 11) is 1.48. The standard InChI is InChI=1S/C16H14F2N4O2/c1-20(9-11-5-6-12(17)8-13(11)18)15(23)10-22-16(24)21-7-3-2-4-14(21)19-22/h2-8H,9-10H2,1H3. The van der Waals surface area contributed by atoms with Crippen LogP contribution in [0.15, 0.2) is 47.4 Å². The van der Waals surface area contributed by atoms with E-state index in [1.165, 1.54) is 22.4 Å². The van der Waals surface area contributed by atoms with E-state index in [1.54, 1.807) is 24.4 Å². The minimum absolute atomic E-state index is 0.0347. The number of hydrogen-bond acceptors (Lipinski definition) is 3. The first-order valence-corrected chi connectivity index (χ1v) is 7.18. The molecule has 8 heteroatoms. The smallest absolute Gasteiger partial charge is 0.340 e. The predicted molar refractivity (Wildman–Crippen MR) is 82.3 cm³/mol. The van der Waals surface area contributed by atoms with Crippen LogP contribution >= 0.6 is 0 Å². The SMILES string of the molecule is CN(Cc1ccc(F)cc1F)C(=O)Cn1nc2ccccn2c1=O. The first-order chi connectivity index (χ1) is 11.5. The molecule has 1 amide bonds. The van der Waals surface area contributed by atoms with Gasteiger partial charge in [-0.15, -0.1) is 5.10 Å². The molecule has 0 bridgehead atoms. The van der Waals surface area contributed by atoms with Gasteiger partial charge in [-0.25, -0.2) is 18.3 Å². The molecule has 0 fully saturated rings. The van der Waals surface area contributed by atoms with Gasteiger partial charge in [0.1, 0.15) is 18.2 Å². The summed E-state index contributed by atoms with van der Waals surface area (Å²) in [6.07, 6.45) is 1.56. The average molecular weight is 332 g/mol. The zero-order valence-corrected chi connectivity index (χ0v) is 12.8. The number of pyridine rings is 1. The Balaban J connectivity index is 1.76. The third-order valence-electron chi connectivity index (χ3n) is 3.62. The number of likely N-dealkylation sites (N-methyl/N-ethyl adjacent to an activating group) is 1. The van der Waals surface area contributed by atoms with Gasteiger partial charge in [-0.1, -0.05) is 12.1 Å². The number of carbonyl (C=O) groups is 1. The number of fused-ring (bicyclic) bond motifs is 1. The molecule has 0 N–H and O–H groups in total. The van der Waals surface area contributed by atoms with Crippen LogP contribution in [-0.4, -0.2) is 32.0 Å². The molecule has 3 rings (SSSR count). The molecule has 0 aliphatic heterocycles. The van der Waals surface area contributed by atoms with E-state index in [0.29, 0.717) is 5.65 Å². The molecule has 3 aromatic rings. The third-order valence-corrected chi connectivity index (χ3v) is 3.62. The molecule has 0 spiro atoms. The Morgan fingerprint density at radius 1 is 1.25 bits per heavy atom. The molecule has 2 heterocycles. The van der Waals surface area contributed by atoms with E-state index in [0.717, 1.165) is 16.8 Å². The quantitative estimate of drug-likeness (QED) is 0.726. The summed E-state index contributed by atoms with van der Waals surface area (Å²) in [6, 6.07) is 8.25. The number of carbonyl (C=O) groups excluding carboxylic acids is 1. The Kier molecular flexibility index (Phi) is 4.11. The van der Waals surface area contributed by atoms with Gasteiger partial charge in [0.2, 0.25) is 5.91 Å². The zero-order chi connectivity index (χ0) is 17.3. The van der Waals surface area contributed by atoms with Gasteiger partial charge in [0.25, 0.3) is 0 Å². The number of rotatable bonds is 4. The molecule has 0 aliphatic carbocycles. The highest BCUT2D eigenvalue weighted by molar-refractivity contribution is 5.75. The number of benzene rings is 1. The fourth-order valence-electron chi connectivity index (χ4n) is 2.31.